The Balaban J connectivity index is 1.64. The van der Waals surface area contributed by atoms with E-state index in [-0.39, 0.29) is 6.61 Å². The molecule has 0 radical (unpaired) electrons. The number of hydrogen-bond donors (Lipinski definition) is 2. The molecule has 2 amide bonds. The number of amides is 2. The van der Waals surface area contributed by atoms with Crippen molar-refractivity contribution in [1.82, 2.24) is 5.43 Å². The van der Waals surface area contributed by atoms with Gasteiger partial charge in [0.2, 0.25) is 0 Å². The zero-order valence-corrected chi connectivity index (χ0v) is 20.7. The number of carbonyl (C=O) groups is 2. The summed E-state index contributed by atoms with van der Waals surface area (Å²) in [6, 6.07) is 17.8. The maximum atomic E-state index is 12.2. The van der Waals surface area contributed by atoms with Crippen LogP contribution < -0.4 is 15.5 Å². The lowest BCUT2D eigenvalue weighted by Gasteiger charge is -2.11. The van der Waals surface area contributed by atoms with Gasteiger partial charge in [-0.2, -0.15) is 5.10 Å². The first-order chi connectivity index (χ1) is 15.9. The number of anilines is 1. The lowest BCUT2D eigenvalue weighted by molar-refractivity contribution is -0.136. The van der Waals surface area contributed by atoms with Crippen LogP contribution in [0, 0.1) is 0 Å². The predicted molar refractivity (Wildman–Crippen MR) is 135 cm³/mol. The van der Waals surface area contributed by atoms with Crippen LogP contribution in [-0.4, -0.2) is 18.0 Å². The summed E-state index contributed by atoms with van der Waals surface area (Å²) in [5.74, 6) is -1.18. The highest BCUT2D eigenvalue weighted by atomic mass is 79.9. The van der Waals surface area contributed by atoms with Gasteiger partial charge in [-0.25, -0.2) is 5.43 Å². The van der Waals surface area contributed by atoms with Gasteiger partial charge in [-0.15, -0.1) is 0 Å². The van der Waals surface area contributed by atoms with E-state index in [2.05, 4.69) is 31.8 Å². The molecule has 2 N–H and O–H groups in total. The summed E-state index contributed by atoms with van der Waals surface area (Å²) in [5, 5.41) is 7.54. The molecule has 0 saturated heterocycles. The van der Waals surface area contributed by atoms with Crippen molar-refractivity contribution in [3.63, 3.8) is 0 Å². The first kappa shape index (κ1) is 24.8. The summed E-state index contributed by atoms with van der Waals surface area (Å²) in [4.78, 5) is 24.4. The molecule has 0 unspecified atom stereocenters. The molecule has 0 saturated carbocycles. The van der Waals surface area contributed by atoms with Gasteiger partial charge < -0.3 is 10.1 Å². The Labute approximate surface area is 210 Å². The number of para-hydroxylation sites is 1. The number of rotatable bonds is 7. The van der Waals surface area contributed by atoms with Gasteiger partial charge in [0, 0.05) is 31.3 Å². The molecule has 0 bridgehead atoms. The van der Waals surface area contributed by atoms with Crippen molar-refractivity contribution in [2.24, 2.45) is 5.10 Å². The van der Waals surface area contributed by atoms with Gasteiger partial charge in [-0.3, -0.25) is 9.59 Å². The highest BCUT2D eigenvalue weighted by Crippen LogP contribution is 2.26. The van der Waals surface area contributed by atoms with Gasteiger partial charge in [-0.1, -0.05) is 70.3 Å². The quantitative estimate of drug-likeness (QED) is 0.216. The van der Waals surface area contributed by atoms with Gasteiger partial charge in [-0.05, 0) is 48.4 Å². The number of nitrogens with one attached hydrogen (secondary N) is 2. The van der Waals surface area contributed by atoms with Crippen molar-refractivity contribution >= 4 is 62.8 Å². The van der Waals surface area contributed by atoms with Crippen LogP contribution in [-0.2, 0) is 22.6 Å². The monoisotopic (exact) mass is 547 g/mol. The van der Waals surface area contributed by atoms with Gasteiger partial charge in [0.1, 0.15) is 12.4 Å². The second-order valence-electron chi connectivity index (χ2n) is 6.87. The highest BCUT2D eigenvalue weighted by Gasteiger charge is 2.14. The van der Waals surface area contributed by atoms with Crippen molar-refractivity contribution in [3.05, 3.63) is 91.9 Å². The summed E-state index contributed by atoms with van der Waals surface area (Å²) < 4.78 is 6.67. The molecule has 0 heterocycles. The molecule has 0 fully saturated rings. The Kier molecular flexibility index (Phi) is 8.88. The number of aryl methyl sites for hydroxylation is 1. The molecule has 33 heavy (non-hydrogen) atoms. The summed E-state index contributed by atoms with van der Waals surface area (Å²) in [6.45, 7) is 2.18. The van der Waals surface area contributed by atoms with Crippen LogP contribution in [0.1, 0.15) is 23.6 Å². The van der Waals surface area contributed by atoms with E-state index in [1.165, 1.54) is 6.21 Å². The average molecular weight is 549 g/mol. The third-order valence-corrected chi connectivity index (χ3v) is 5.67. The molecule has 0 aromatic heterocycles. The zero-order chi connectivity index (χ0) is 23.8. The average Bonchev–Trinajstić information content (AvgIpc) is 2.79. The lowest BCUT2D eigenvalue weighted by Crippen LogP contribution is -2.32. The Morgan fingerprint density at radius 2 is 1.82 bits per heavy atom. The van der Waals surface area contributed by atoms with E-state index >= 15 is 0 Å². The van der Waals surface area contributed by atoms with Crippen molar-refractivity contribution in [1.29, 1.82) is 0 Å². The molecular formula is C24H20BrCl2N3O3. The molecular weight excluding hydrogens is 529 g/mol. The molecule has 3 aromatic rings. The summed E-state index contributed by atoms with van der Waals surface area (Å²) in [7, 11) is 0. The molecule has 0 aliphatic rings. The van der Waals surface area contributed by atoms with Crippen LogP contribution in [0.25, 0.3) is 0 Å². The molecule has 0 aliphatic heterocycles. The first-order valence-electron chi connectivity index (χ1n) is 9.96. The standard InChI is InChI=1S/C24H20BrCl2N3O3/c1-2-15-5-3-4-6-21(15)29-23(31)24(32)30-28-13-17-11-18(25)8-10-22(17)33-14-16-7-9-19(26)12-20(16)27/h3-13H,2,14H2,1H3,(H,29,31)(H,30,32)/b28-13-. The molecule has 0 spiro atoms. The summed E-state index contributed by atoms with van der Waals surface area (Å²) >= 11 is 15.5. The second kappa shape index (κ2) is 11.8. The van der Waals surface area contributed by atoms with Crippen LogP contribution in [0.4, 0.5) is 5.69 Å². The minimum atomic E-state index is -0.887. The van der Waals surface area contributed by atoms with E-state index in [0.29, 0.717) is 27.0 Å². The van der Waals surface area contributed by atoms with Crippen molar-refractivity contribution < 1.29 is 14.3 Å². The molecule has 170 valence electrons. The van der Waals surface area contributed by atoms with Crippen molar-refractivity contribution in [2.75, 3.05) is 5.32 Å². The smallest absolute Gasteiger partial charge is 0.329 e. The van der Waals surface area contributed by atoms with E-state index in [4.69, 9.17) is 27.9 Å². The minimum Gasteiger partial charge on any atom is -0.488 e. The SMILES string of the molecule is CCc1ccccc1NC(=O)C(=O)N/N=C\c1cc(Br)ccc1OCc1ccc(Cl)cc1Cl. The van der Waals surface area contributed by atoms with Gasteiger partial charge in [0.05, 0.1) is 6.21 Å². The van der Waals surface area contributed by atoms with Gasteiger partial charge in [0.15, 0.2) is 0 Å². The van der Waals surface area contributed by atoms with Gasteiger partial charge in [0.25, 0.3) is 0 Å². The largest absolute Gasteiger partial charge is 0.488 e. The summed E-state index contributed by atoms with van der Waals surface area (Å²) in [5.41, 5.74) is 5.11. The number of hydrogen-bond acceptors (Lipinski definition) is 4. The van der Waals surface area contributed by atoms with Crippen molar-refractivity contribution in [2.45, 2.75) is 20.0 Å². The normalized spacial score (nSPS) is 10.8. The number of nitrogens with zero attached hydrogens (tertiary/aromatic N) is 1. The molecule has 6 nitrogen and oxygen atoms in total. The Bertz CT molecular complexity index is 1200. The fourth-order valence-electron chi connectivity index (χ4n) is 2.89. The predicted octanol–water partition coefficient (Wildman–Crippen LogP) is 5.99. The highest BCUT2D eigenvalue weighted by molar-refractivity contribution is 9.10. The van der Waals surface area contributed by atoms with Crippen LogP contribution in [0.2, 0.25) is 10.0 Å². The fourth-order valence-corrected chi connectivity index (χ4v) is 3.73. The van der Waals surface area contributed by atoms with Crippen LogP contribution >= 0.6 is 39.1 Å². The number of halogens is 3. The minimum absolute atomic E-state index is 0.212. The number of hydrazone groups is 1. The van der Waals surface area contributed by atoms with E-state index in [0.717, 1.165) is 22.0 Å². The Morgan fingerprint density at radius 3 is 2.58 bits per heavy atom. The maximum absolute atomic E-state index is 12.2. The Hall–Kier alpha value is -2.87. The number of benzene rings is 3. The van der Waals surface area contributed by atoms with Crippen LogP contribution in [0.5, 0.6) is 5.75 Å². The van der Waals surface area contributed by atoms with E-state index < -0.39 is 11.8 Å². The van der Waals surface area contributed by atoms with Gasteiger partial charge >= 0.3 is 11.8 Å². The van der Waals surface area contributed by atoms with Crippen molar-refractivity contribution in [3.8, 4) is 5.75 Å². The first-order valence-corrected chi connectivity index (χ1v) is 11.5. The summed E-state index contributed by atoms with van der Waals surface area (Å²) in [6.07, 6.45) is 2.12. The Morgan fingerprint density at radius 1 is 1.03 bits per heavy atom. The topological polar surface area (TPSA) is 79.8 Å². The molecule has 0 atom stereocenters. The number of carbonyl (C=O) groups excluding carboxylic acids is 2. The molecule has 3 aromatic carbocycles. The van der Waals surface area contributed by atoms with Crippen LogP contribution in [0.15, 0.2) is 70.2 Å². The second-order valence-corrected chi connectivity index (χ2v) is 8.63. The third kappa shape index (κ3) is 7.05. The molecule has 0 aliphatic carbocycles. The fraction of sp³-hybridized carbons (Fsp3) is 0.125. The van der Waals surface area contributed by atoms with Crippen LogP contribution in [0.3, 0.4) is 0 Å². The number of ether oxygens (including phenoxy) is 1. The maximum Gasteiger partial charge on any atom is 0.329 e. The van der Waals surface area contributed by atoms with E-state index in [9.17, 15) is 9.59 Å². The molecule has 9 heteroatoms. The lowest BCUT2D eigenvalue weighted by atomic mass is 10.1. The molecule has 3 rings (SSSR count). The van der Waals surface area contributed by atoms with E-state index in [1.807, 2.05) is 25.1 Å². The third-order valence-electron chi connectivity index (χ3n) is 4.59. The zero-order valence-electron chi connectivity index (χ0n) is 17.6. The van der Waals surface area contributed by atoms with E-state index in [1.54, 1.807) is 42.5 Å².